The second kappa shape index (κ2) is 5.85. The SMILES string of the molecule is O=C(c1cc(I)ccc1O)N1CCOC(CO)C1. The molecule has 1 aromatic carbocycles. The average Bonchev–Trinajstić information content (AvgIpc) is 2.41. The number of aromatic hydroxyl groups is 1. The summed E-state index contributed by atoms with van der Waals surface area (Å²) in [6.45, 7) is 1.12. The number of carbonyl (C=O) groups excluding carboxylic acids is 1. The molecule has 1 aliphatic heterocycles. The van der Waals surface area contributed by atoms with Gasteiger partial charge in [-0.25, -0.2) is 0 Å². The predicted molar refractivity (Wildman–Crippen MR) is 73.6 cm³/mol. The number of nitrogens with zero attached hydrogens (tertiary/aromatic N) is 1. The molecule has 0 spiro atoms. The number of carbonyl (C=O) groups is 1. The maximum atomic E-state index is 12.3. The zero-order chi connectivity index (χ0) is 13.1. The lowest BCUT2D eigenvalue weighted by Gasteiger charge is -2.32. The molecular weight excluding hydrogens is 349 g/mol. The highest BCUT2D eigenvalue weighted by Gasteiger charge is 2.26. The summed E-state index contributed by atoms with van der Waals surface area (Å²) in [7, 11) is 0. The number of hydrogen-bond acceptors (Lipinski definition) is 4. The van der Waals surface area contributed by atoms with Crippen molar-refractivity contribution in [3.8, 4) is 5.75 Å². The van der Waals surface area contributed by atoms with Gasteiger partial charge in [-0.2, -0.15) is 0 Å². The second-order valence-corrected chi connectivity index (χ2v) is 5.33. The van der Waals surface area contributed by atoms with Crippen LogP contribution in [-0.4, -0.2) is 53.4 Å². The number of aliphatic hydroxyl groups excluding tert-OH is 1. The topological polar surface area (TPSA) is 70.0 Å². The van der Waals surface area contributed by atoms with E-state index in [1.807, 2.05) is 0 Å². The number of benzene rings is 1. The molecular formula is C12H14INO4. The lowest BCUT2D eigenvalue weighted by atomic mass is 10.1. The fourth-order valence-corrected chi connectivity index (χ4v) is 2.36. The Morgan fingerprint density at radius 3 is 3.06 bits per heavy atom. The van der Waals surface area contributed by atoms with Gasteiger partial charge in [-0.15, -0.1) is 0 Å². The van der Waals surface area contributed by atoms with E-state index < -0.39 is 0 Å². The first kappa shape index (κ1) is 13.6. The number of rotatable bonds is 2. The van der Waals surface area contributed by atoms with Crippen LogP contribution in [0.25, 0.3) is 0 Å². The molecule has 98 valence electrons. The van der Waals surface area contributed by atoms with Crippen LogP contribution in [0.1, 0.15) is 10.4 Å². The predicted octanol–water partition coefficient (Wildman–Crippen LogP) is 0.830. The first-order valence-corrected chi connectivity index (χ1v) is 6.70. The smallest absolute Gasteiger partial charge is 0.257 e. The van der Waals surface area contributed by atoms with Gasteiger partial charge in [0.25, 0.3) is 5.91 Å². The number of amides is 1. The zero-order valence-corrected chi connectivity index (χ0v) is 11.8. The van der Waals surface area contributed by atoms with E-state index in [4.69, 9.17) is 9.84 Å². The van der Waals surface area contributed by atoms with E-state index in [9.17, 15) is 9.90 Å². The highest BCUT2D eigenvalue weighted by Crippen LogP contribution is 2.22. The third-order valence-corrected chi connectivity index (χ3v) is 3.49. The van der Waals surface area contributed by atoms with Crippen LogP contribution in [0.3, 0.4) is 0 Å². The van der Waals surface area contributed by atoms with Gasteiger partial charge in [-0.1, -0.05) is 0 Å². The molecule has 1 aromatic rings. The molecule has 0 aliphatic carbocycles. The minimum atomic E-state index is -0.340. The molecule has 18 heavy (non-hydrogen) atoms. The number of halogens is 1. The Hall–Kier alpha value is -0.860. The van der Waals surface area contributed by atoms with Gasteiger partial charge in [0.15, 0.2) is 0 Å². The van der Waals surface area contributed by atoms with Crippen molar-refractivity contribution in [3.63, 3.8) is 0 Å². The van der Waals surface area contributed by atoms with Gasteiger partial charge in [0.05, 0.1) is 24.9 Å². The molecule has 2 N–H and O–H groups in total. The van der Waals surface area contributed by atoms with Gasteiger partial charge >= 0.3 is 0 Å². The van der Waals surface area contributed by atoms with E-state index in [1.54, 1.807) is 17.0 Å². The Bertz CT molecular complexity index is 452. The molecule has 0 bridgehead atoms. The number of phenols is 1. The summed E-state index contributed by atoms with van der Waals surface area (Å²) in [6, 6.07) is 4.91. The van der Waals surface area contributed by atoms with Crippen molar-refractivity contribution in [2.45, 2.75) is 6.10 Å². The first-order valence-electron chi connectivity index (χ1n) is 5.62. The van der Waals surface area contributed by atoms with Gasteiger partial charge in [0, 0.05) is 16.7 Å². The number of hydrogen-bond donors (Lipinski definition) is 2. The largest absolute Gasteiger partial charge is 0.507 e. The number of morpholine rings is 1. The summed E-state index contributed by atoms with van der Waals surface area (Å²) >= 11 is 2.09. The molecule has 1 fully saturated rings. The maximum absolute atomic E-state index is 12.3. The second-order valence-electron chi connectivity index (χ2n) is 4.09. The highest BCUT2D eigenvalue weighted by molar-refractivity contribution is 14.1. The summed E-state index contributed by atoms with van der Waals surface area (Å²) in [4.78, 5) is 13.9. The molecule has 0 radical (unpaired) electrons. The zero-order valence-electron chi connectivity index (χ0n) is 9.67. The molecule has 1 heterocycles. The minimum absolute atomic E-state index is 0.0209. The van der Waals surface area contributed by atoms with E-state index in [0.29, 0.717) is 25.3 Å². The lowest BCUT2D eigenvalue weighted by molar-refractivity contribution is -0.0447. The molecule has 1 saturated heterocycles. The van der Waals surface area contributed by atoms with E-state index in [2.05, 4.69) is 22.6 Å². The van der Waals surface area contributed by atoms with Crippen LogP contribution in [0.5, 0.6) is 5.75 Å². The molecule has 6 heteroatoms. The lowest BCUT2D eigenvalue weighted by Crippen LogP contribution is -2.46. The van der Waals surface area contributed by atoms with Crippen LogP contribution < -0.4 is 0 Å². The van der Waals surface area contributed by atoms with Gasteiger partial charge < -0.3 is 19.8 Å². The Labute approximate surface area is 119 Å². The van der Waals surface area contributed by atoms with Crippen molar-refractivity contribution >= 4 is 28.5 Å². The fourth-order valence-electron chi connectivity index (χ4n) is 1.86. The van der Waals surface area contributed by atoms with Crippen molar-refractivity contribution in [1.29, 1.82) is 0 Å². The maximum Gasteiger partial charge on any atom is 0.257 e. The summed E-state index contributed by atoms with van der Waals surface area (Å²) < 4.78 is 6.18. The minimum Gasteiger partial charge on any atom is -0.507 e. The van der Waals surface area contributed by atoms with Crippen molar-refractivity contribution < 1.29 is 19.7 Å². The Morgan fingerprint density at radius 1 is 1.56 bits per heavy atom. The first-order chi connectivity index (χ1) is 8.61. The molecule has 5 nitrogen and oxygen atoms in total. The van der Waals surface area contributed by atoms with Gasteiger partial charge in [0.1, 0.15) is 5.75 Å². The van der Waals surface area contributed by atoms with E-state index in [0.717, 1.165) is 3.57 Å². The summed E-state index contributed by atoms with van der Waals surface area (Å²) in [5, 5.41) is 18.8. The van der Waals surface area contributed by atoms with Gasteiger partial charge in [-0.05, 0) is 40.8 Å². The quantitative estimate of drug-likeness (QED) is 0.764. The van der Waals surface area contributed by atoms with Crippen LogP contribution in [0.4, 0.5) is 0 Å². The van der Waals surface area contributed by atoms with Gasteiger partial charge in [0.2, 0.25) is 0 Å². The molecule has 1 aliphatic rings. The number of aliphatic hydroxyl groups is 1. The number of phenolic OH excluding ortho intramolecular Hbond substituents is 1. The summed E-state index contributed by atoms with van der Waals surface area (Å²) in [5.41, 5.74) is 0.292. The Morgan fingerprint density at radius 2 is 2.33 bits per heavy atom. The van der Waals surface area contributed by atoms with Crippen LogP contribution in [-0.2, 0) is 4.74 Å². The monoisotopic (exact) mass is 363 g/mol. The summed E-state index contributed by atoms with van der Waals surface area (Å²) in [5.74, 6) is -0.250. The van der Waals surface area contributed by atoms with E-state index >= 15 is 0 Å². The molecule has 1 atom stereocenters. The third-order valence-electron chi connectivity index (χ3n) is 2.82. The van der Waals surface area contributed by atoms with Crippen LogP contribution in [0, 0.1) is 3.57 Å². The molecule has 1 unspecified atom stereocenters. The van der Waals surface area contributed by atoms with E-state index in [-0.39, 0.29) is 24.4 Å². The standard InChI is InChI=1S/C12H14INO4/c13-8-1-2-11(16)10(5-8)12(17)14-3-4-18-9(6-14)7-15/h1-2,5,9,15-16H,3-4,6-7H2. The molecule has 1 amide bonds. The fraction of sp³-hybridized carbons (Fsp3) is 0.417. The normalized spacial score (nSPS) is 19.9. The Kier molecular flexibility index (Phi) is 4.41. The van der Waals surface area contributed by atoms with Crippen molar-refractivity contribution in [1.82, 2.24) is 4.90 Å². The number of ether oxygens (including phenoxy) is 1. The molecule has 0 aromatic heterocycles. The Balaban J connectivity index is 2.17. The molecule has 2 rings (SSSR count). The highest BCUT2D eigenvalue weighted by atomic mass is 127. The third kappa shape index (κ3) is 2.93. The van der Waals surface area contributed by atoms with Crippen LogP contribution in [0.2, 0.25) is 0 Å². The summed E-state index contributed by atoms with van der Waals surface area (Å²) in [6.07, 6.45) is -0.340. The van der Waals surface area contributed by atoms with Crippen molar-refractivity contribution in [2.75, 3.05) is 26.3 Å². The molecule has 0 saturated carbocycles. The van der Waals surface area contributed by atoms with E-state index in [1.165, 1.54) is 6.07 Å². The van der Waals surface area contributed by atoms with Gasteiger partial charge in [-0.3, -0.25) is 4.79 Å². The van der Waals surface area contributed by atoms with Crippen molar-refractivity contribution in [2.24, 2.45) is 0 Å². The van der Waals surface area contributed by atoms with Crippen LogP contribution in [0.15, 0.2) is 18.2 Å². The van der Waals surface area contributed by atoms with Crippen LogP contribution >= 0.6 is 22.6 Å². The average molecular weight is 363 g/mol. The van der Waals surface area contributed by atoms with Crippen molar-refractivity contribution in [3.05, 3.63) is 27.3 Å².